The van der Waals surface area contributed by atoms with Crippen LogP contribution in [0.5, 0.6) is 5.75 Å². The highest BCUT2D eigenvalue weighted by Crippen LogP contribution is 2.20. The highest BCUT2D eigenvalue weighted by molar-refractivity contribution is 6.13. The molecule has 0 spiro atoms. The van der Waals surface area contributed by atoms with Gasteiger partial charge in [-0.1, -0.05) is 42.5 Å². The summed E-state index contributed by atoms with van der Waals surface area (Å²) in [7, 11) is 0. The number of hydrogen-bond donors (Lipinski definition) is 1. The number of rotatable bonds is 7. The maximum Gasteiger partial charge on any atom is 0.345 e. The lowest BCUT2D eigenvalue weighted by atomic mass is 10.1. The summed E-state index contributed by atoms with van der Waals surface area (Å²) in [6, 6.07) is 13.5. The van der Waals surface area contributed by atoms with Crippen LogP contribution in [0.3, 0.4) is 0 Å². The number of ketones is 1. The minimum absolute atomic E-state index is 0.231. The van der Waals surface area contributed by atoms with Gasteiger partial charge in [0.25, 0.3) is 5.91 Å². The average molecular weight is 341 g/mol. The minimum atomic E-state index is -1.68. The third kappa shape index (κ3) is 4.67. The Kier molecular flexibility index (Phi) is 5.89. The molecule has 0 aliphatic carbocycles. The molecule has 1 atom stereocenters. The molecule has 2 aromatic carbocycles. The normalized spacial score (nSPS) is 11.4. The van der Waals surface area contributed by atoms with Crippen LogP contribution in [0.2, 0.25) is 0 Å². The lowest BCUT2D eigenvalue weighted by molar-refractivity contribution is -0.154. The quantitative estimate of drug-likeness (QED) is 0.472. The summed E-state index contributed by atoms with van der Waals surface area (Å²) >= 11 is 0. The molecule has 0 saturated heterocycles. The van der Waals surface area contributed by atoms with Crippen molar-refractivity contribution >= 4 is 17.7 Å². The number of amides is 1. The molecule has 6 nitrogen and oxygen atoms in total. The second kappa shape index (κ2) is 8.10. The molecule has 6 heteroatoms. The van der Waals surface area contributed by atoms with E-state index < -0.39 is 30.4 Å². The Morgan fingerprint density at radius 3 is 2.32 bits per heavy atom. The van der Waals surface area contributed by atoms with E-state index in [1.54, 1.807) is 30.3 Å². The van der Waals surface area contributed by atoms with Gasteiger partial charge >= 0.3 is 5.97 Å². The maximum atomic E-state index is 12.3. The first-order valence-electron chi connectivity index (χ1n) is 7.67. The number of Topliss-reactive ketones (excluding diaryl/α,β-unsaturated/α-hetero) is 1. The first-order chi connectivity index (χ1) is 11.9. The van der Waals surface area contributed by atoms with Crippen LogP contribution < -0.4 is 10.5 Å². The molecule has 0 fully saturated rings. The van der Waals surface area contributed by atoms with Gasteiger partial charge in [0.15, 0.2) is 6.61 Å². The number of nitrogens with two attached hydrogens (primary N) is 1. The van der Waals surface area contributed by atoms with Crippen molar-refractivity contribution in [1.82, 2.24) is 0 Å². The fraction of sp³-hybridized carbons (Fsp3) is 0.211. The number of hydrogen-bond acceptors (Lipinski definition) is 5. The van der Waals surface area contributed by atoms with Crippen LogP contribution in [0.1, 0.15) is 21.5 Å². The molecule has 0 saturated carbocycles. The molecule has 0 radical (unpaired) electrons. The predicted molar refractivity (Wildman–Crippen MR) is 91.3 cm³/mol. The molecule has 0 aliphatic rings. The van der Waals surface area contributed by atoms with E-state index in [4.69, 9.17) is 15.2 Å². The highest BCUT2D eigenvalue weighted by atomic mass is 16.6. The summed E-state index contributed by atoms with van der Waals surface area (Å²) in [5, 5.41) is 0. The Hall–Kier alpha value is -3.15. The number of ether oxygens (including phenoxy) is 2. The van der Waals surface area contributed by atoms with Gasteiger partial charge in [-0.05, 0) is 31.0 Å². The Bertz CT molecular complexity index is 786. The zero-order valence-electron chi connectivity index (χ0n) is 14.0. The molecule has 0 aliphatic heterocycles. The Balaban J connectivity index is 2.02. The number of esters is 1. The third-order valence-electron chi connectivity index (χ3n) is 3.70. The van der Waals surface area contributed by atoms with Crippen molar-refractivity contribution in [2.24, 2.45) is 5.73 Å². The van der Waals surface area contributed by atoms with Gasteiger partial charge in [-0.15, -0.1) is 0 Å². The molecular weight excluding hydrogens is 322 g/mol. The zero-order valence-corrected chi connectivity index (χ0v) is 14.0. The van der Waals surface area contributed by atoms with Gasteiger partial charge in [0.2, 0.25) is 11.9 Å². The highest BCUT2D eigenvalue weighted by Gasteiger charge is 2.29. The van der Waals surface area contributed by atoms with Crippen LogP contribution >= 0.6 is 0 Å². The molecule has 0 heterocycles. The zero-order chi connectivity index (χ0) is 18.4. The summed E-state index contributed by atoms with van der Waals surface area (Å²) in [4.78, 5) is 35.7. The van der Waals surface area contributed by atoms with Gasteiger partial charge in [-0.2, -0.15) is 0 Å². The first-order valence-corrected chi connectivity index (χ1v) is 7.67. The van der Waals surface area contributed by atoms with Crippen molar-refractivity contribution in [1.29, 1.82) is 0 Å². The van der Waals surface area contributed by atoms with E-state index in [0.717, 1.165) is 11.1 Å². The number of benzene rings is 2. The van der Waals surface area contributed by atoms with Crippen molar-refractivity contribution in [3.63, 3.8) is 0 Å². The van der Waals surface area contributed by atoms with E-state index in [-0.39, 0.29) is 5.56 Å². The molecule has 1 unspecified atom stereocenters. The summed E-state index contributed by atoms with van der Waals surface area (Å²) in [5.41, 5.74) is 7.33. The smallest absolute Gasteiger partial charge is 0.345 e. The summed E-state index contributed by atoms with van der Waals surface area (Å²) in [6.45, 7) is 3.35. The second-order valence-electron chi connectivity index (χ2n) is 5.49. The van der Waals surface area contributed by atoms with Crippen molar-refractivity contribution in [2.75, 3.05) is 6.61 Å². The fourth-order valence-corrected chi connectivity index (χ4v) is 2.18. The molecule has 2 rings (SSSR count). The molecule has 25 heavy (non-hydrogen) atoms. The Morgan fingerprint density at radius 1 is 1.00 bits per heavy atom. The van der Waals surface area contributed by atoms with Gasteiger partial charge in [0.1, 0.15) is 5.75 Å². The van der Waals surface area contributed by atoms with Crippen molar-refractivity contribution < 1.29 is 23.9 Å². The van der Waals surface area contributed by atoms with E-state index in [9.17, 15) is 14.4 Å². The van der Waals surface area contributed by atoms with Gasteiger partial charge < -0.3 is 15.2 Å². The van der Waals surface area contributed by atoms with E-state index in [0.29, 0.717) is 5.75 Å². The average Bonchev–Trinajstić information content (AvgIpc) is 2.61. The van der Waals surface area contributed by atoms with Crippen LogP contribution in [-0.2, 0) is 14.3 Å². The number of primary amides is 1. The lowest BCUT2D eigenvalue weighted by Gasteiger charge is -2.15. The standard InChI is InChI=1S/C19H19NO5/c1-12-7-6-10-15(13(12)2)24-11-16(21)25-18(19(20)23)17(22)14-8-4-3-5-9-14/h3-10,18H,11H2,1-2H3,(H2,20,23). The minimum Gasteiger partial charge on any atom is -0.482 e. The van der Waals surface area contributed by atoms with Crippen LogP contribution in [0.4, 0.5) is 0 Å². The van der Waals surface area contributed by atoms with Gasteiger partial charge in [-0.25, -0.2) is 4.79 Å². The SMILES string of the molecule is Cc1cccc(OCC(=O)OC(C(N)=O)C(=O)c2ccccc2)c1C. The van der Waals surface area contributed by atoms with Crippen molar-refractivity contribution in [3.05, 3.63) is 65.2 Å². The molecule has 0 aromatic heterocycles. The van der Waals surface area contributed by atoms with E-state index in [1.807, 2.05) is 19.9 Å². The third-order valence-corrected chi connectivity index (χ3v) is 3.70. The molecule has 2 aromatic rings. The molecule has 1 amide bonds. The Labute approximate surface area is 145 Å². The van der Waals surface area contributed by atoms with Gasteiger partial charge in [0, 0.05) is 5.56 Å². The molecular formula is C19H19NO5. The topological polar surface area (TPSA) is 95.7 Å². The first kappa shape index (κ1) is 18.2. The number of carbonyl (C=O) groups is 3. The number of carbonyl (C=O) groups excluding carboxylic acids is 3. The predicted octanol–water partition coefficient (Wildman–Crippen LogP) is 1.96. The fourth-order valence-electron chi connectivity index (χ4n) is 2.18. The van der Waals surface area contributed by atoms with E-state index in [1.165, 1.54) is 12.1 Å². The van der Waals surface area contributed by atoms with Gasteiger partial charge in [-0.3, -0.25) is 9.59 Å². The molecule has 0 bridgehead atoms. The molecule has 2 N–H and O–H groups in total. The monoisotopic (exact) mass is 341 g/mol. The summed E-state index contributed by atoms with van der Waals surface area (Å²) in [6.07, 6.45) is -1.68. The van der Waals surface area contributed by atoms with Crippen LogP contribution in [0, 0.1) is 13.8 Å². The van der Waals surface area contributed by atoms with Crippen molar-refractivity contribution in [2.45, 2.75) is 20.0 Å². The van der Waals surface area contributed by atoms with Crippen LogP contribution in [0.15, 0.2) is 48.5 Å². The van der Waals surface area contributed by atoms with Crippen LogP contribution in [0.25, 0.3) is 0 Å². The van der Waals surface area contributed by atoms with E-state index in [2.05, 4.69) is 0 Å². The molecule has 130 valence electrons. The van der Waals surface area contributed by atoms with Gasteiger partial charge in [0.05, 0.1) is 0 Å². The lowest BCUT2D eigenvalue weighted by Crippen LogP contribution is -2.40. The van der Waals surface area contributed by atoms with Crippen LogP contribution in [-0.4, -0.2) is 30.4 Å². The van der Waals surface area contributed by atoms with E-state index >= 15 is 0 Å². The Morgan fingerprint density at radius 2 is 1.68 bits per heavy atom. The largest absolute Gasteiger partial charge is 0.482 e. The van der Waals surface area contributed by atoms with Crippen molar-refractivity contribution in [3.8, 4) is 5.75 Å². The summed E-state index contributed by atoms with van der Waals surface area (Å²) < 4.78 is 10.3. The summed E-state index contributed by atoms with van der Waals surface area (Å²) in [5.74, 6) is -2.03. The maximum absolute atomic E-state index is 12.3. The second-order valence-corrected chi connectivity index (χ2v) is 5.49. The number of aryl methyl sites for hydroxylation is 1.